The zero-order valence-corrected chi connectivity index (χ0v) is 15.1. The maximum Gasteiger partial charge on any atom is 0.213 e. The number of nitrogens with zero attached hydrogens (tertiary/aromatic N) is 3. The Balaban J connectivity index is 1.53. The van der Waals surface area contributed by atoms with Gasteiger partial charge < -0.3 is 4.74 Å². The molecule has 0 aliphatic carbocycles. The lowest BCUT2D eigenvalue weighted by Crippen LogP contribution is -2.02. The molecule has 0 spiro atoms. The smallest absolute Gasteiger partial charge is 0.213 e. The Bertz CT molecular complexity index is 1050. The zero-order chi connectivity index (χ0) is 17.9. The number of aryl methyl sites for hydroxylation is 1. The Morgan fingerprint density at radius 2 is 2.00 bits per heavy atom. The van der Waals surface area contributed by atoms with Crippen LogP contribution in [0.5, 0.6) is 5.75 Å². The van der Waals surface area contributed by atoms with Crippen LogP contribution in [0.15, 0.2) is 54.6 Å². The summed E-state index contributed by atoms with van der Waals surface area (Å²) in [6.45, 7) is 2.57. The quantitative estimate of drug-likeness (QED) is 0.482. The van der Waals surface area contributed by atoms with Gasteiger partial charge in [0, 0.05) is 12.0 Å². The molecule has 4 rings (SSSR count). The summed E-state index contributed by atoms with van der Waals surface area (Å²) in [5.74, 6) is 0.853. The molecule has 6 heteroatoms. The maximum absolute atomic E-state index is 11.6. The van der Waals surface area contributed by atoms with E-state index in [4.69, 9.17) is 4.74 Å². The Labute approximate surface area is 154 Å². The molecule has 0 bridgehead atoms. The van der Waals surface area contributed by atoms with Gasteiger partial charge in [0.15, 0.2) is 6.29 Å². The summed E-state index contributed by atoms with van der Waals surface area (Å²) < 4.78 is 7.41. The van der Waals surface area contributed by atoms with Crippen LogP contribution >= 0.6 is 11.3 Å². The summed E-state index contributed by atoms with van der Waals surface area (Å²) in [4.78, 5) is 16.9. The van der Waals surface area contributed by atoms with Crippen LogP contribution in [0, 0.1) is 6.92 Å². The topological polar surface area (TPSA) is 56.5 Å². The number of hydrogen-bond acceptors (Lipinski definition) is 5. The lowest BCUT2D eigenvalue weighted by Gasteiger charge is -2.05. The summed E-state index contributed by atoms with van der Waals surface area (Å²) in [7, 11) is 0. The van der Waals surface area contributed by atoms with Crippen molar-refractivity contribution in [1.29, 1.82) is 0 Å². The third kappa shape index (κ3) is 3.23. The summed E-state index contributed by atoms with van der Waals surface area (Å²) in [5, 5.41) is 5.43. The fourth-order valence-corrected chi connectivity index (χ4v) is 3.66. The van der Waals surface area contributed by atoms with Gasteiger partial charge >= 0.3 is 0 Å². The molecule has 0 radical (unpaired) electrons. The van der Waals surface area contributed by atoms with Crippen molar-refractivity contribution in [3.05, 3.63) is 70.9 Å². The standard InChI is InChI=1S/C20H17N3O2S/c1-14-6-5-9-16(12-14)25-11-10-18-22-23-17(13-24)19(21-20(23)26-18)15-7-3-2-4-8-15/h2-9,12-13H,10-11H2,1H3. The summed E-state index contributed by atoms with van der Waals surface area (Å²) in [6, 6.07) is 17.6. The molecule has 26 heavy (non-hydrogen) atoms. The number of hydrogen-bond donors (Lipinski definition) is 0. The highest BCUT2D eigenvalue weighted by Gasteiger charge is 2.17. The fraction of sp³-hybridized carbons (Fsp3) is 0.150. The summed E-state index contributed by atoms with van der Waals surface area (Å²) in [5.41, 5.74) is 3.23. The minimum absolute atomic E-state index is 0.480. The van der Waals surface area contributed by atoms with Gasteiger partial charge in [0.05, 0.1) is 6.61 Å². The monoisotopic (exact) mass is 363 g/mol. The second-order valence-electron chi connectivity index (χ2n) is 5.93. The van der Waals surface area contributed by atoms with E-state index in [0.29, 0.717) is 24.4 Å². The van der Waals surface area contributed by atoms with Crippen LogP contribution in [0.4, 0.5) is 0 Å². The van der Waals surface area contributed by atoms with Crippen molar-refractivity contribution in [2.45, 2.75) is 13.3 Å². The predicted octanol–water partition coefficient (Wildman–Crippen LogP) is 4.20. The largest absolute Gasteiger partial charge is 0.493 e. The molecule has 0 fully saturated rings. The van der Waals surface area contributed by atoms with Crippen molar-refractivity contribution in [3.63, 3.8) is 0 Å². The molecule has 2 aromatic carbocycles. The van der Waals surface area contributed by atoms with Gasteiger partial charge in [0.25, 0.3) is 0 Å². The van der Waals surface area contributed by atoms with Gasteiger partial charge in [-0.2, -0.15) is 9.61 Å². The molecule has 130 valence electrons. The Morgan fingerprint density at radius 3 is 2.77 bits per heavy atom. The highest BCUT2D eigenvalue weighted by Crippen LogP contribution is 2.26. The van der Waals surface area contributed by atoms with Crippen LogP contribution in [0.3, 0.4) is 0 Å². The minimum atomic E-state index is 0.480. The van der Waals surface area contributed by atoms with Gasteiger partial charge in [-0.3, -0.25) is 4.79 Å². The van der Waals surface area contributed by atoms with Gasteiger partial charge in [-0.15, -0.1) is 0 Å². The van der Waals surface area contributed by atoms with E-state index in [1.54, 1.807) is 4.52 Å². The van der Waals surface area contributed by atoms with Crippen molar-refractivity contribution in [3.8, 4) is 17.0 Å². The number of rotatable bonds is 6. The van der Waals surface area contributed by atoms with Crippen LogP contribution < -0.4 is 4.74 Å². The molecular formula is C20H17N3O2S. The number of ether oxygens (including phenoxy) is 1. The van der Waals surface area contributed by atoms with Crippen molar-refractivity contribution < 1.29 is 9.53 Å². The molecule has 0 amide bonds. The molecule has 0 saturated carbocycles. The molecule has 0 atom stereocenters. The van der Waals surface area contributed by atoms with Crippen molar-refractivity contribution >= 4 is 22.6 Å². The molecule has 5 nitrogen and oxygen atoms in total. The number of fused-ring (bicyclic) bond motifs is 1. The Hall–Kier alpha value is -2.99. The molecule has 0 aliphatic heterocycles. The van der Waals surface area contributed by atoms with E-state index in [0.717, 1.165) is 27.6 Å². The molecule has 0 saturated heterocycles. The summed E-state index contributed by atoms with van der Waals surface area (Å²) >= 11 is 1.48. The third-order valence-corrected chi connectivity index (χ3v) is 4.98. The van der Waals surface area contributed by atoms with Crippen LogP contribution in [0.25, 0.3) is 16.2 Å². The van der Waals surface area contributed by atoms with Gasteiger partial charge in [-0.25, -0.2) is 4.98 Å². The van der Waals surface area contributed by atoms with E-state index in [1.807, 2.05) is 61.5 Å². The van der Waals surface area contributed by atoms with E-state index in [-0.39, 0.29) is 0 Å². The first-order valence-corrected chi connectivity index (χ1v) is 9.15. The van der Waals surface area contributed by atoms with Crippen LogP contribution in [-0.2, 0) is 6.42 Å². The van der Waals surface area contributed by atoms with E-state index in [9.17, 15) is 4.79 Å². The average Bonchev–Trinajstić information content (AvgIpc) is 3.19. The van der Waals surface area contributed by atoms with Crippen molar-refractivity contribution in [2.75, 3.05) is 6.61 Å². The zero-order valence-electron chi connectivity index (χ0n) is 14.3. The number of benzene rings is 2. The summed E-state index contributed by atoms with van der Waals surface area (Å²) in [6.07, 6.45) is 1.48. The molecule has 2 heterocycles. The second-order valence-corrected chi connectivity index (χ2v) is 6.98. The third-order valence-electron chi connectivity index (χ3n) is 4.01. The van der Waals surface area contributed by atoms with Crippen LogP contribution in [0.2, 0.25) is 0 Å². The second kappa shape index (κ2) is 7.09. The number of carbonyl (C=O) groups excluding carboxylic acids is 1. The van der Waals surface area contributed by atoms with E-state index in [1.165, 1.54) is 16.9 Å². The molecule has 4 aromatic rings. The number of imidazole rings is 1. The Morgan fingerprint density at radius 1 is 1.15 bits per heavy atom. The van der Waals surface area contributed by atoms with E-state index in [2.05, 4.69) is 10.1 Å². The molecule has 2 aromatic heterocycles. The first-order valence-electron chi connectivity index (χ1n) is 8.33. The van der Waals surface area contributed by atoms with E-state index < -0.39 is 0 Å². The van der Waals surface area contributed by atoms with Gasteiger partial charge in [-0.05, 0) is 24.6 Å². The first-order chi connectivity index (χ1) is 12.7. The van der Waals surface area contributed by atoms with Crippen LogP contribution in [-0.4, -0.2) is 27.5 Å². The lowest BCUT2D eigenvalue weighted by molar-refractivity contribution is 0.111. The van der Waals surface area contributed by atoms with Crippen molar-refractivity contribution in [1.82, 2.24) is 14.6 Å². The van der Waals surface area contributed by atoms with Gasteiger partial charge in [0.2, 0.25) is 4.96 Å². The Kier molecular flexibility index (Phi) is 4.50. The fourth-order valence-electron chi connectivity index (χ4n) is 2.78. The van der Waals surface area contributed by atoms with Crippen LogP contribution in [0.1, 0.15) is 21.1 Å². The predicted molar refractivity (Wildman–Crippen MR) is 102 cm³/mol. The van der Waals surface area contributed by atoms with E-state index >= 15 is 0 Å². The SMILES string of the molecule is Cc1cccc(OCCc2nn3c(C=O)c(-c4ccccc4)nc3s2)c1. The average molecular weight is 363 g/mol. The number of aromatic nitrogens is 3. The molecule has 0 N–H and O–H groups in total. The van der Waals surface area contributed by atoms with Gasteiger partial charge in [0.1, 0.15) is 22.1 Å². The normalized spacial score (nSPS) is 11.0. The lowest BCUT2D eigenvalue weighted by atomic mass is 10.1. The minimum Gasteiger partial charge on any atom is -0.493 e. The molecule has 0 aliphatic rings. The highest BCUT2D eigenvalue weighted by molar-refractivity contribution is 7.16. The molecule has 0 unspecified atom stereocenters. The number of carbonyl (C=O) groups is 1. The molecular weight excluding hydrogens is 346 g/mol. The first kappa shape index (κ1) is 16.5. The number of aldehydes is 1. The highest BCUT2D eigenvalue weighted by atomic mass is 32.1. The van der Waals surface area contributed by atoms with Gasteiger partial charge in [-0.1, -0.05) is 53.8 Å². The maximum atomic E-state index is 11.6. The van der Waals surface area contributed by atoms with Crippen molar-refractivity contribution in [2.24, 2.45) is 0 Å².